The summed E-state index contributed by atoms with van der Waals surface area (Å²) in [6.07, 6.45) is 11.1. The normalized spacial score (nSPS) is 33.4. The first-order chi connectivity index (χ1) is 7.93. The van der Waals surface area contributed by atoms with Crippen LogP contribution in [0.3, 0.4) is 0 Å². The lowest BCUT2D eigenvalue weighted by Crippen LogP contribution is -2.44. The summed E-state index contributed by atoms with van der Waals surface area (Å²) in [5.41, 5.74) is 1.53. The van der Waals surface area contributed by atoms with E-state index < -0.39 is 0 Å². The van der Waals surface area contributed by atoms with Crippen LogP contribution in [-0.4, -0.2) is 43.7 Å². The second kappa shape index (κ2) is 4.44. The highest BCUT2D eigenvalue weighted by molar-refractivity contribution is 5.32. The van der Waals surface area contributed by atoms with Gasteiger partial charge in [-0.25, -0.2) is 0 Å². The first-order valence-corrected chi connectivity index (χ1v) is 6.16. The number of hydrogen-bond donors (Lipinski definition) is 2. The average Bonchev–Trinajstić information content (AvgIpc) is 2.74. The van der Waals surface area contributed by atoms with Crippen molar-refractivity contribution in [1.29, 1.82) is 0 Å². The molecule has 2 heterocycles. The van der Waals surface area contributed by atoms with Crippen LogP contribution in [0.1, 0.15) is 0 Å². The molecule has 2 unspecified atom stereocenters. The van der Waals surface area contributed by atoms with Crippen molar-refractivity contribution < 1.29 is 0 Å². The molecule has 1 fully saturated rings. The molecule has 2 N–H and O–H groups in total. The molecule has 1 saturated heterocycles. The van der Waals surface area contributed by atoms with Crippen molar-refractivity contribution >= 4 is 0 Å². The summed E-state index contributed by atoms with van der Waals surface area (Å²) < 4.78 is 0. The van der Waals surface area contributed by atoms with E-state index in [1.54, 1.807) is 0 Å². The van der Waals surface area contributed by atoms with E-state index in [9.17, 15) is 0 Å². The maximum absolute atomic E-state index is 3.46. The molecular weight excluding hydrogens is 198 g/mol. The minimum Gasteiger partial charge on any atom is -0.384 e. The highest BCUT2D eigenvalue weighted by Gasteiger charge is 2.27. The van der Waals surface area contributed by atoms with Crippen molar-refractivity contribution in [3.63, 3.8) is 0 Å². The van der Waals surface area contributed by atoms with E-state index in [1.807, 2.05) is 0 Å². The Morgan fingerprint density at radius 1 is 1.19 bits per heavy atom. The quantitative estimate of drug-likeness (QED) is 0.705. The maximum Gasteiger partial charge on any atom is 0.0543 e. The van der Waals surface area contributed by atoms with Gasteiger partial charge in [-0.1, -0.05) is 24.3 Å². The van der Waals surface area contributed by atoms with Gasteiger partial charge in [0.25, 0.3) is 0 Å². The number of nitrogens with zero attached hydrogens (tertiary/aromatic N) is 1. The van der Waals surface area contributed by atoms with Crippen molar-refractivity contribution in [2.24, 2.45) is 5.92 Å². The Balaban J connectivity index is 1.62. The van der Waals surface area contributed by atoms with E-state index in [2.05, 4.69) is 46.0 Å². The third-order valence-corrected chi connectivity index (χ3v) is 3.64. The van der Waals surface area contributed by atoms with Crippen LogP contribution in [0.25, 0.3) is 0 Å². The molecule has 3 nitrogen and oxygen atoms in total. The summed E-state index contributed by atoms with van der Waals surface area (Å²) in [6, 6.07) is 0.503. The second-order valence-corrected chi connectivity index (χ2v) is 4.73. The van der Waals surface area contributed by atoms with Gasteiger partial charge in [-0.05, 0) is 11.8 Å². The van der Waals surface area contributed by atoms with Crippen LogP contribution in [-0.2, 0) is 0 Å². The minimum atomic E-state index is 0.503. The molecule has 3 heteroatoms. The van der Waals surface area contributed by atoms with E-state index in [0.29, 0.717) is 12.0 Å². The van der Waals surface area contributed by atoms with Crippen LogP contribution in [0, 0.1) is 5.92 Å². The Morgan fingerprint density at radius 2 is 2.00 bits per heavy atom. The Morgan fingerprint density at radius 3 is 2.88 bits per heavy atom. The Labute approximate surface area is 96.9 Å². The van der Waals surface area contributed by atoms with Crippen molar-refractivity contribution in [2.75, 3.05) is 32.7 Å². The first kappa shape index (κ1) is 10.1. The lowest BCUT2D eigenvalue weighted by molar-refractivity contribution is 0.255. The second-order valence-electron chi connectivity index (χ2n) is 4.73. The largest absolute Gasteiger partial charge is 0.384 e. The fourth-order valence-corrected chi connectivity index (χ4v) is 2.70. The molecule has 0 bridgehead atoms. The highest BCUT2D eigenvalue weighted by atomic mass is 15.2. The van der Waals surface area contributed by atoms with Crippen LogP contribution in [0.4, 0.5) is 0 Å². The molecule has 0 radical (unpaired) electrons. The molecule has 2 aliphatic heterocycles. The zero-order chi connectivity index (χ0) is 10.8. The Hall–Kier alpha value is -1.06. The highest BCUT2D eigenvalue weighted by Crippen LogP contribution is 2.26. The van der Waals surface area contributed by atoms with Crippen molar-refractivity contribution in [1.82, 2.24) is 15.5 Å². The summed E-state index contributed by atoms with van der Waals surface area (Å²) in [5, 5.41) is 6.85. The molecular formula is C13H19N3. The zero-order valence-corrected chi connectivity index (χ0v) is 9.52. The molecule has 2 atom stereocenters. The standard InChI is InChI=1S/C13H19N3/c1-2-4-13-12(3-1)11(9-15-13)10-16-7-5-14-6-8-16/h1-4,9,12-15H,5-8,10H2. The SMILES string of the molecule is C1=CC2NC=C(CN3CCNCC3)C2C=C1. The van der Waals surface area contributed by atoms with Gasteiger partial charge in [0.1, 0.15) is 0 Å². The van der Waals surface area contributed by atoms with Gasteiger partial charge in [0.15, 0.2) is 0 Å². The van der Waals surface area contributed by atoms with E-state index in [1.165, 1.54) is 18.7 Å². The van der Waals surface area contributed by atoms with Gasteiger partial charge in [0, 0.05) is 38.6 Å². The predicted octanol–water partition coefficient (Wildman–Crippen LogP) is 0.489. The van der Waals surface area contributed by atoms with E-state index in [-0.39, 0.29) is 0 Å². The summed E-state index contributed by atoms with van der Waals surface area (Å²) in [4.78, 5) is 2.54. The van der Waals surface area contributed by atoms with E-state index in [0.717, 1.165) is 19.6 Å². The molecule has 86 valence electrons. The molecule has 3 aliphatic rings. The lowest BCUT2D eigenvalue weighted by Gasteiger charge is -2.29. The molecule has 0 aromatic heterocycles. The van der Waals surface area contributed by atoms with Gasteiger partial charge in [-0.2, -0.15) is 0 Å². The first-order valence-electron chi connectivity index (χ1n) is 6.16. The van der Waals surface area contributed by atoms with Gasteiger partial charge in [-0.15, -0.1) is 0 Å². The van der Waals surface area contributed by atoms with Crippen LogP contribution < -0.4 is 10.6 Å². The summed E-state index contributed by atoms with van der Waals surface area (Å²) >= 11 is 0. The van der Waals surface area contributed by atoms with Crippen molar-refractivity contribution in [2.45, 2.75) is 6.04 Å². The zero-order valence-electron chi connectivity index (χ0n) is 9.52. The number of fused-ring (bicyclic) bond motifs is 1. The van der Waals surface area contributed by atoms with Crippen LogP contribution in [0.5, 0.6) is 0 Å². The molecule has 0 spiro atoms. The number of hydrogen-bond acceptors (Lipinski definition) is 3. The molecule has 1 aliphatic carbocycles. The van der Waals surface area contributed by atoms with Crippen LogP contribution in [0.15, 0.2) is 36.1 Å². The number of rotatable bonds is 2. The fraction of sp³-hybridized carbons (Fsp3) is 0.538. The van der Waals surface area contributed by atoms with E-state index in [4.69, 9.17) is 0 Å². The topological polar surface area (TPSA) is 27.3 Å². The molecule has 0 aromatic rings. The number of piperazine rings is 1. The Kier molecular flexibility index (Phi) is 2.80. The van der Waals surface area contributed by atoms with Gasteiger partial charge < -0.3 is 10.6 Å². The number of nitrogens with one attached hydrogen (secondary N) is 2. The molecule has 3 rings (SSSR count). The molecule has 0 aromatic carbocycles. The van der Waals surface area contributed by atoms with Gasteiger partial charge in [0.2, 0.25) is 0 Å². The van der Waals surface area contributed by atoms with Gasteiger partial charge in [-0.3, -0.25) is 4.90 Å². The summed E-state index contributed by atoms with van der Waals surface area (Å²) in [7, 11) is 0. The summed E-state index contributed by atoms with van der Waals surface area (Å²) in [6.45, 7) is 5.73. The Bertz CT molecular complexity index is 337. The monoisotopic (exact) mass is 217 g/mol. The van der Waals surface area contributed by atoms with Gasteiger partial charge >= 0.3 is 0 Å². The van der Waals surface area contributed by atoms with E-state index >= 15 is 0 Å². The predicted molar refractivity (Wildman–Crippen MR) is 66.1 cm³/mol. The molecule has 0 saturated carbocycles. The third kappa shape index (κ3) is 1.93. The van der Waals surface area contributed by atoms with Crippen molar-refractivity contribution in [3.8, 4) is 0 Å². The van der Waals surface area contributed by atoms with Crippen LogP contribution in [0.2, 0.25) is 0 Å². The molecule has 0 amide bonds. The smallest absolute Gasteiger partial charge is 0.0543 e. The maximum atomic E-state index is 3.46. The lowest BCUT2D eigenvalue weighted by atomic mass is 9.91. The fourth-order valence-electron chi connectivity index (χ4n) is 2.70. The van der Waals surface area contributed by atoms with Crippen LogP contribution >= 0.6 is 0 Å². The van der Waals surface area contributed by atoms with Gasteiger partial charge in [0.05, 0.1) is 6.04 Å². The third-order valence-electron chi connectivity index (χ3n) is 3.64. The summed E-state index contributed by atoms with van der Waals surface area (Å²) in [5.74, 6) is 0.583. The average molecular weight is 217 g/mol. The molecule has 16 heavy (non-hydrogen) atoms. The number of allylic oxidation sites excluding steroid dienone is 2. The van der Waals surface area contributed by atoms with Crippen molar-refractivity contribution in [3.05, 3.63) is 36.1 Å². The minimum absolute atomic E-state index is 0.503.